The maximum absolute atomic E-state index is 13.1. The molecule has 18 heavy (non-hydrogen) atoms. The van der Waals surface area contributed by atoms with Crippen molar-refractivity contribution in [2.75, 3.05) is 25.1 Å². The Morgan fingerprint density at radius 1 is 1.33 bits per heavy atom. The van der Waals surface area contributed by atoms with Crippen LogP contribution in [0.15, 0.2) is 22.7 Å². The van der Waals surface area contributed by atoms with E-state index in [9.17, 15) is 9.18 Å². The quantitative estimate of drug-likeness (QED) is 0.581. The van der Waals surface area contributed by atoms with E-state index in [1.807, 2.05) is 0 Å². The summed E-state index contributed by atoms with van der Waals surface area (Å²) in [5.74, 6) is -0.717. The largest absolute Gasteiger partial charge is 0.381 e. The van der Waals surface area contributed by atoms with Crippen LogP contribution in [0, 0.1) is 5.82 Å². The van der Waals surface area contributed by atoms with Crippen LogP contribution in [0.5, 0.6) is 0 Å². The predicted molar refractivity (Wildman–Crippen MR) is 75.7 cm³/mol. The summed E-state index contributed by atoms with van der Waals surface area (Å²) in [6.07, 6.45) is 0.731. The second-order valence-electron chi connectivity index (χ2n) is 3.57. The minimum absolute atomic E-state index is 0.282. The molecule has 0 radical (unpaired) electrons. The van der Waals surface area contributed by atoms with Crippen LogP contribution in [-0.4, -0.2) is 31.0 Å². The Morgan fingerprint density at radius 2 is 2.11 bits per heavy atom. The highest BCUT2D eigenvalue weighted by molar-refractivity contribution is 9.10. The highest BCUT2D eigenvalue weighted by Gasteiger charge is 2.07. The molecular weight excluding hydrogens is 369 g/mol. The third-order valence-electron chi connectivity index (χ3n) is 2.10. The predicted octanol–water partition coefficient (Wildman–Crippen LogP) is 3.12. The molecule has 0 aliphatic rings. The van der Waals surface area contributed by atoms with Gasteiger partial charge in [-0.2, -0.15) is 0 Å². The summed E-state index contributed by atoms with van der Waals surface area (Å²) in [5, 5.41) is 3.51. The SMILES string of the molecule is O=C(NCCCOCCBr)c1cc(F)cc(Br)c1. The van der Waals surface area contributed by atoms with Gasteiger partial charge < -0.3 is 10.1 Å². The summed E-state index contributed by atoms with van der Waals surface area (Å²) in [4.78, 5) is 11.7. The molecule has 6 heteroatoms. The summed E-state index contributed by atoms with van der Waals surface area (Å²) >= 11 is 6.40. The zero-order chi connectivity index (χ0) is 13.4. The van der Waals surface area contributed by atoms with Crippen LogP contribution in [0.1, 0.15) is 16.8 Å². The van der Waals surface area contributed by atoms with Gasteiger partial charge in [0.05, 0.1) is 6.61 Å². The monoisotopic (exact) mass is 381 g/mol. The fourth-order valence-electron chi connectivity index (χ4n) is 1.32. The van der Waals surface area contributed by atoms with Crippen LogP contribution in [0.2, 0.25) is 0 Å². The van der Waals surface area contributed by atoms with Crippen LogP contribution in [0.4, 0.5) is 4.39 Å². The first kappa shape index (κ1) is 15.6. The Kier molecular flexibility index (Phi) is 7.46. The van der Waals surface area contributed by atoms with Crippen molar-refractivity contribution >= 4 is 37.8 Å². The fraction of sp³-hybridized carbons (Fsp3) is 0.417. The Morgan fingerprint density at radius 3 is 2.78 bits per heavy atom. The number of amides is 1. The van der Waals surface area contributed by atoms with Gasteiger partial charge in [0.25, 0.3) is 5.91 Å². The number of carbonyl (C=O) groups excluding carboxylic acids is 1. The summed E-state index contributed by atoms with van der Waals surface area (Å²) in [5.41, 5.74) is 0.309. The fourth-order valence-corrected chi connectivity index (χ4v) is 2.01. The molecule has 0 atom stereocenters. The number of alkyl halides is 1. The Balaban J connectivity index is 2.32. The Hall–Kier alpha value is -0.460. The summed E-state index contributed by atoms with van der Waals surface area (Å²) in [6.45, 7) is 1.76. The van der Waals surface area contributed by atoms with Crippen molar-refractivity contribution in [1.82, 2.24) is 5.32 Å². The number of carbonyl (C=O) groups is 1. The van der Waals surface area contributed by atoms with E-state index in [1.54, 1.807) is 6.07 Å². The average molecular weight is 383 g/mol. The molecule has 0 aromatic heterocycles. The molecule has 1 aromatic rings. The molecule has 1 N–H and O–H groups in total. The second kappa shape index (κ2) is 8.61. The zero-order valence-corrected chi connectivity index (χ0v) is 12.9. The van der Waals surface area contributed by atoms with Crippen molar-refractivity contribution in [3.05, 3.63) is 34.1 Å². The molecule has 1 aromatic carbocycles. The molecule has 1 rings (SSSR count). The number of hydrogen-bond donors (Lipinski definition) is 1. The first-order valence-corrected chi connectivity index (χ1v) is 7.43. The van der Waals surface area contributed by atoms with E-state index >= 15 is 0 Å². The molecule has 0 spiro atoms. The van der Waals surface area contributed by atoms with Crippen molar-refractivity contribution in [3.63, 3.8) is 0 Å². The van der Waals surface area contributed by atoms with E-state index in [0.717, 1.165) is 11.8 Å². The zero-order valence-electron chi connectivity index (χ0n) is 9.72. The third kappa shape index (κ3) is 5.93. The van der Waals surface area contributed by atoms with Gasteiger partial charge >= 0.3 is 0 Å². The topological polar surface area (TPSA) is 38.3 Å². The molecule has 0 unspecified atom stereocenters. The van der Waals surface area contributed by atoms with Gasteiger partial charge in [-0.15, -0.1) is 0 Å². The molecule has 0 saturated heterocycles. The normalized spacial score (nSPS) is 10.4. The minimum atomic E-state index is -0.435. The van der Waals surface area contributed by atoms with Gasteiger partial charge in [-0.05, 0) is 24.6 Å². The smallest absolute Gasteiger partial charge is 0.251 e. The highest BCUT2D eigenvalue weighted by Crippen LogP contribution is 2.14. The van der Waals surface area contributed by atoms with Gasteiger partial charge in [0.2, 0.25) is 0 Å². The third-order valence-corrected chi connectivity index (χ3v) is 2.88. The number of hydrogen-bond acceptors (Lipinski definition) is 2. The van der Waals surface area contributed by atoms with Crippen LogP contribution < -0.4 is 5.32 Å². The van der Waals surface area contributed by atoms with Gasteiger partial charge in [0.15, 0.2) is 0 Å². The summed E-state index contributed by atoms with van der Waals surface area (Å²) in [6, 6.07) is 4.10. The number of rotatable bonds is 7. The maximum Gasteiger partial charge on any atom is 0.251 e. The molecule has 0 aliphatic heterocycles. The van der Waals surface area contributed by atoms with E-state index in [2.05, 4.69) is 37.2 Å². The van der Waals surface area contributed by atoms with Crippen LogP contribution in [0.25, 0.3) is 0 Å². The van der Waals surface area contributed by atoms with Gasteiger partial charge in [0.1, 0.15) is 5.82 Å². The van der Waals surface area contributed by atoms with Crippen molar-refractivity contribution in [2.45, 2.75) is 6.42 Å². The van der Waals surface area contributed by atoms with Crippen LogP contribution in [-0.2, 0) is 4.74 Å². The molecule has 0 aliphatic carbocycles. The van der Waals surface area contributed by atoms with Crippen LogP contribution >= 0.6 is 31.9 Å². The number of halogens is 3. The molecule has 1 amide bonds. The van der Waals surface area contributed by atoms with Gasteiger partial charge in [-0.3, -0.25) is 4.79 Å². The first-order chi connectivity index (χ1) is 8.63. The number of ether oxygens (including phenoxy) is 1. The van der Waals surface area contributed by atoms with E-state index in [1.165, 1.54) is 12.1 Å². The van der Waals surface area contributed by atoms with Gasteiger partial charge in [-0.25, -0.2) is 4.39 Å². The van der Waals surface area contributed by atoms with Gasteiger partial charge in [0, 0.05) is 28.5 Å². The Labute approximate surface area is 122 Å². The minimum Gasteiger partial charge on any atom is -0.381 e. The lowest BCUT2D eigenvalue weighted by Crippen LogP contribution is -2.25. The Bertz CT molecular complexity index is 381. The first-order valence-electron chi connectivity index (χ1n) is 5.51. The molecule has 0 heterocycles. The molecule has 0 fully saturated rings. The second-order valence-corrected chi connectivity index (χ2v) is 5.28. The summed E-state index contributed by atoms with van der Waals surface area (Å²) in [7, 11) is 0. The van der Waals surface area contributed by atoms with E-state index < -0.39 is 5.82 Å². The lowest BCUT2D eigenvalue weighted by Gasteiger charge is -2.06. The van der Waals surface area contributed by atoms with Crippen molar-refractivity contribution < 1.29 is 13.9 Å². The maximum atomic E-state index is 13.1. The molecule has 0 bridgehead atoms. The number of nitrogens with one attached hydrogen (secondary N) is 1. The van der Waals surface area contributed by atoms with Crippen molar-refractivity contribution in [1.29, 1.82) is 0 Å². The van der Waals surface area contributed by atoms with E-state index in [4.69, 9.17) is 4.74 Å². The van der Waals surface area contributed by atoms with Gasteiger partial charge in [-0.1, -0.05) is 31.9 Å². The summed E-state index contributed by atoms with van der Waals surface area (Å²) < 4.78 is 18.9. The molecule has 100 valence electrons. The van der Waals surface area contributed by atoms with Crippen LogP contribution in [0.3, 0.4) is 0 Å². The molecule has 3 nitrogen and oxygen atoms in total. The lowest BCUT2D eigenvalue weighted by molar-refractivity contribution is 0.0944. The molecule has 0 saturated carbocycles. The number of benzene rings is 1. The van der Waals surface area contributed by atoms with E-state index in [-0.39, 0.29) is 5.91 Å². The molecular formula is C12H14Br2FNO2. The average Bonchev–Trinajstić information content (AvgIpc) is 2.32. The standard InChI is InChI=1S/C12H14Br2FNO2/c13-2-5-18-4-1-3-16-12(17)9-6-10(14)8-11(15)7-9/h6-8H,1-5H2,(H,16,17). The highest BCUT2D eigenvalue weighted by atomic mass is 79.9. The van der Waals surface area contributed by atoms with Crippen molar-refractivity contribution in [2.24, 2.45) is 0 Å². The van der Waals surface area contributed by atoms with Crippen molar-refractivity contribution in [3.8, 4) is 0 Å². The van der Waals surface area contributed by atoms with E-state index in [0.29, 0.717) is 29.8 Å². The lowest BCUT2D eigenvalue weighted by atomic mass is 10.2.